The molecular formula is C19H21NO3. The lowest BCUT2D eigenvalue weighted by Gasteiger charge is -2.18. The predicted molar refractivity (Wildman–Crippen MR) is 89.2 cm³/mol. The highest BCUT2D eigenvalue weighted by Gasteiger charge is 2.45. The van der Waals surface area contributed by atoms with Crippen molar-refractivity contribution >= 4 is 22.6 Å². The van der Waals surface area contributed by atoms with Gasteiger partial charge in [0.05, 0.1) is 0 Å². The maximum absolute atomic E-state index is 12.4. The Labute approximate surface area is 135 Å². The number of carboxylic acids is 1. The van der Waals surface area contributed by atoms with Crippen molar-refractivity contribution in [2.75, 3.05) is 0 Å². The molecule has 1 amide bonds. The summed E-state index contributed by atoms with van der Waals surface area (Å²) < 4.78 is 0. The van der Waals surface area contributed by atoms with Gasteiger partial charge in [0, 0.05) is 5.92 Å². The number of fused-ring (bicyclic) bond motifs is 1. The summed E-state index contributed by atoms with van der Waals surface area (Å²) in [5.41, 5.74) is 1.18. The number of nitrogens with one attached hydrogen (secondary N) is 1. The Bertz CT molecular complexity index is 748. The molecule has 1 fully saturated rings. The Morgan fingerprint density at radius 1 is 1.13 bits per heavy atom. The first-order valence-electron chi connectivity index (χ1n) is 8.00. The molecule has 4 nitrogen and oxygen atoms in total. The van der Waals surface area contributed by atoms with Crippen molar-refractivity contribution in [3.63, 3.8) is 0 Å². The highest BCUT2D eigenvalue weighted by molar-refractivity contribution is 5.91. The molecule has 0 heterocycles. The van der Waals surface area contributed by atoms with E-state index in [0.717, 1.165) is 6.42 Å². The van der Waals surface area contributed by atoms with Crippen molar-refractivity contribution in [3.05, 3.63) is 48.0 Å². The lowest BCUT2D eigenvalue weighted by Crippen LogP contribution is -2.45. The van der Waals surface area contributed by atoms with Gasteiger partial charge in [-0.3, -0.25) is 4.79 Å². The van der Waals surface area contributed by atoms with Gasteiger partial charge in [0.2, 0.25) is 5.91 Å². The van der Waals surface area contributed by atoms with Crippen molar-refractivity contribution in [2.45, 2.75) is 32.2 Å². The summed E-state index contributed by atoms with van der Waals surface area (Å²) in [6.45, 7) is 3.60. The van der Waals surface area contributed by atoms with Crippen molar-refractivity contribution < 1.29 is 14.7 Å². The average Bonchev–Trinajstić information content (AvgIpc) is 3.31. The lowest BCUT2D eigenvalue weighted by molar-refractivity contribution is -0.143. The van der Waals surface area contributed by atoms with Crippen LogP contribution in [-0.4, -0.2) is 23.0 Å². The van der Waals surface area contributed by atoms with Gasteiger partial charge < -0.3 is 10.4 Å². The van der Waals surface area contributed by atoms with Crippen LogP contribution in [0.5, 0.6) is 0 Å². The number of carbonyl (C=O) groups excluding carboxylic acids is 1. The van der Waals surface area contributed by atoms with Crippen LogP contribution in [0.15, 0.2) is 42.5 Å². The Hall–Kier alpha value is -2.36. The molecule has 2 N–H and O–H groups in total. The number of amides is 1. The fourth-order valence-electron chi connectivity index (χ4n) is 3.18. The van der Waals surface area contributed by atoms with E-state index < -0.39 is 12.0 Å². The monoisotopic (exact) mass is 311 g/mol. The second-order valence-electron chi connectivity index (χ2n) is 6.59. The van der Waals surface area contributed by atoms with E-state index in [9.17, 15) is 14.7 Å². The zero-order chi connectivity index (χ0) is 16.6. The van der Waals surface area contributed by atoms with E-state index in [-0.39, 0.29) is 23.7 Å². The molecule has 1 saturated carbocycles. The van der Waals surface area contributed by atoms with Crippen molar-refractivity contribution in [3.8, 4) is 0 Å². The second-order valence-corrected chi connectivity index (χ2v) is 6.59. The summed E-state index contributed by atoms with van der Waals surface area (Å²) in [5, 5.41) is 14.2. The third-order valence-electron chi connectivity index (χ3n) is 4.58. The molecule has 0 saturated heterocycles. The molecule has 0 bridgehead atoms. The van der Waals surface area contributed by atoms with Gasteiger partial charge in [-0.15, -0.1) is 0 Å². The number of aliphatic carboxylic acids is 1. The van der Waals surface area contributed by atoms with Crippen LogP contribution in [0.3, 0.4) is 0 Å². The van der Waals surface area contributed by atoms with E-state index in [4.69, 9.17) is 0 Å². The number of hydrogen-bond donors (Lipinski definition) is 2. The van der Waals surface area contributed by atoms with E-state index in [1.165, 1.54) is 16.3 Å². The SMILES string of the molecule is CC(C)C(NC(=O)C1CC1c1cccc2ccccc12)C(=O)O. The third-order valence-corrected chi connectivity index (χ3v) is 4.58. The van der Waals surface area contributed by atoms with E-state index >= 15 is 0 Å². The van der Waals surface area contributed by atoms with Crippen molar-refractivity contribution in [1.82, 2.24) is 5.32 Å². The van der Waals surface area contributed by atoms with Gasteiger partial charge in [-0.05, 0) is 34.6 Å². The Kier molecular flexibility index (Phi) is 4.07. The molecule has 0 aliphatic heterocycles. The molecule has 4 heteroatoms. The minimum absolute atomic E-state index is 0.124. The van der Waals surface area contributed by atoms with E-state index in [1.807, 2.05) is 18.2 Å². The van der Waals surface area contributed by atoms with Gasteiger partial charge >= 0.3 is 5.97 Å². The third kappa shape index (κ3) is 3.07. The van der Waals surface area contributed by atoms with Gasteiger partial charge in [-0.1, -0.05) is 56.3 Å². The minimum Gasteiger partial charge on any atom is -0.480 e. The van der Waals surface area contributed by atoms with Gasteiger partial charge in [0.1, 0.15) is 6.04 Å². The minimum atomic E-state index is -0.976. The molecular weight excluding hydrogens is 290 g/mol. The molecule has 2 aromatic carbocycles. The quantitative estimate of drug-likeness (QED) is 0.891. The lowest BCUT2D eigenvalue weighted by atomic mass is 9.99. The first-order chi connectivity index (χ1) is 11.0. The maximum atomic E-state index is 12.4. The molecule has 2 aromatic rings. The molecule has 1 aliphatic rings. The summed E-state index contributed by atoms with van der Waals surface area (Å²) in [5.74, 6) is -1.20. The molecule has 1 aliphatic carbocycles. The molecule has 0 radical (unpaired) electrons. The van der Waals surface area contributed by atoms with Crippen LogP contribution < -0.4 is 5.32 Å². The summed E-state index contributed by atoms with van der Waals surface area (Å²) in [6, 6.07) is 13.5. The van der Waals surface area contributed by atoms with E-state index in [1.54, 1.807) is 13.8 Å². The number of benzene rings is 2. The van der Waals surface area contributed by atoms with Crippen LogP contribution in [0.2, 0.25) is 0 Å². The summed E-state index contributed by atoms with van der Waals surface area (Å²) >= 11 is 0. The number of carboxylic acid groups (broad SMARTS) is 1. The Balaban J connectivity index is 1.76. The summed E-state index contributed by atoms with van der Waals surface area (Å²) in [6.07, 6.45) is 0.782. The van der Waals surface area contributed by atoms with Gasteiger partial charge in [0.25, 0.3) is 0 Å². The summed E-state index contributed by atoms with van der Waals surface area (Å²) in [7, 11) is 0. The summed E-state index contributed by atoms with van der Waals surface area (Å²) in [4.78, 5) is 23.6. The van der Waals surface area contributed by atoms with Crippen LogP contribution in [0.25, 0.3) is 10.8 Å². The highest BCUT2D eigenvalue weighted by atomic mass is 16.4. The van der Waals surface area contributed by atoms with Gasteiger partial charge in [-0.25, -0.2) is 4.79 Å². The second kappa shape index (κ2) is 6.03. The molecule has 0 spiro atoms. The molecule has 120 valence electrons. The smallest absolute Gasteiger partial charge is 0.326 e. The topological polar surface area (TPSA) is 66.4 Å². The van der Waals surface area contributed by atoms with Crippen molar-refractivity contribution in [2.24, 2.45) is 11.8 Å². The zero-order valence-electron chi connectivity index (χ0n) is 13.3. The normalized spacial score (nSPS) is 21.2. The number of carbonyl (C=O) groups is 2. The highest BCUT2D eigenvalue weighted by Crippen LogP contribution is 2.49. The van der Waals surface area contributed by atoms with Crippen molar-refractivity contribution in [1.29, 1.82) is 0 Å². The predicted octanol–water partition coefficient (Wildman–Crippen LogP) is 3.17. The van der Waals surface area contributed by atoms with Crippen LogP contribution in [-0.2, 0) is 9.59 Å². The Morgan fingerprint density at radius 3 is 2.52 bits per heavy atom. The molecule has 3 atom stereocenters. The molecule has 3 rings (SSSR count). The maximum Gasteiger partial charge on any atom is 0.326 e. The molecule has 3 unspecified atom stereocenters. The van der Waals surface area contributed by atoms with Crippen LogP contribution >= 0.6 is 0 Å². The fourth-order valence-corrected chi connectivity index (χ4v) is 3.18. The zero-order valence-corrected chi connectivity index (χ0v) is 13.3. The first-order valence-corrected chi connectivity index (χ1v) is 8.00. The molecule has 0 aromatic heterocycles. The van der Waals surface area contributed by atoms with Gasteiger partial charge in [-0.2, -0.15) is 0 Å². The van der Waals surface area contributed by atoms with Crippen LogP contribution in [0, 0.1) is 11.8 Å². The van der Waals surface area contributed by atoms with E-state index in [2.05, 4.69) is 29.6 Å². The number of hydrogen-bond acceptors (Lipinski definition) is 2. The first kappa shape index (κ1) is 15.5. The standard InChI is InChI=1S/C19H21NO3/c1-11(2)17(19(22)23)20-18(21)16-10-15(16)14-9-5-7-12-6-3-4-8-13(12)14/h3-9,11,15-17H,10H2,1-2H3,(H,20,21)(H,22,23). The average molecular weight is 311 g/mol. The van der Waals surface area contributed by atoms with Crippen LogP contribution in [0.4, 0.5) is 0 Å². The number of rotatable bonds is 5. The molecule has 23 heavy (non-hydrogen) atoms. The van der Waals surface area contributed by atoms with Gasteiger partial charge in [0.15, 0.2) is 0 Å². The largest absolute Gasteiger partial charge is 0.480 e. The Morgan fingerprint density at radius 2 is 1.83 bits per heavy atom. The fraction of sp³-hybridized carbons (Fsp3) is 0.368. The van der Waals surface area contributed by atoms with E-state index in [0.29, 0.717) is 0 Å². The van der Waals surface area contributed by atoms with Crippen LogP contribution in [0.1, 0.15) is 31.7 Å².